The molecule has 6 nitrogen and oxygen atoms in total. The Morgan fingerprint density at radius 1 is 1.39 bits per heavy atom. The monoisotopic (exact) mass is 252 g/mol. The van der Waals surface area contributed by atoms with E-state index in [0.717, 1.165) is 0 Å². The Balaban J connectivity index is 2.76. The third-order valence-corrected chi connectivity index (χ3v) is 2.16. The van der Waals surface area contributed by atoms with Gasteiger partial charge in [0.15, 0.2) is 0 Å². The van der Waals surface area contributed by atoms with Gasteiger partial charge in [-0.25, -0.2) is 4.79 Å². The number of benzene rings is 1. The molecule has 0 aliphatic rings. The molecule has 1 unspecified atom stereocenters. The van der Waals surface area contributed by atoms with Crippen LogP contribution in [0.1, 0.15) is 6.92 Å². The number of rotatable bonds is 6. The summed E-state index contributed by atoms with van der Waals surface area (Å²) in [6, 6.07) is 5.99. The minimum absolute atomic E-state index is 0.0553. The summed E-state index contributed by atoms with van der Waals surface area (Å²) >= 11 is 0. The van der Waals surface area contributed by atoms with Crippen LogP contribution in [-0.4, -0.2) is 36.7 Å². The Bertz CT molecular complexity index is 434. The van der Waals surface area contributed by atoms with E-state index in [1.165, 1.54) is 14.0 Å². The fourth-order valence-electron chi connectivity index (χ4n) is 1.43. The lowest BCUT2D eigenvalue weighted by molar-refractivity contribution is -0.139. The van der Waals surface area contributed by atoms with E-state index >= 15 is 0 Å². The van der Waals surface area contributed by atoms with E-state index in [-0.39, 0.29) is 12.5 Å². The summed E-state index contributed by atoms with van der Waals surface area (Å²) in [6.45, 7) is 1.46. The maximum absolute atomic E-state index is 10.9. The highest BCUT2D eigenvalue weighted by Gasteiger charge is 2.16. The molecule has 1 rings (SSSR count). The predicted molar refractivity (Wildman–Crippen MR) is 67.7 cm³/mol. The van der Waals surface area contributed by atoms with Crippen molar-refractivity contribution in [2.45, 2.75) is 13.0 Å². The van der Waals surface area contributed by atoms with Crippen molar-refractivity contribution in [2.24, 2.45) is 0 Å². The third kappa shape index (κ3) is 4.42. The highest BCUT2D eigenvalue weighted by Crippen LogP contribution is 2.16. The van der Waals surface area contributed by atoms with Gasteiger partial charge < -0.3 is 20.5 Å². The molecule has 0 aliphatic carbocycles. The van der Waals surface area contributed by atoms with E-state index in [1.807, 2.05) is 0 Å². The fourth-order valence-corrected chi connectivity index (χ4v) is 1.43. The summed E-state index contributed by atoms with van der Waals surface area (Å²) in [5.41, 5.74) is 1.21. The standard InChI is InChI=1S/C12H16N2O4/c1-8(15)13-9-4-3-5-10(6-9)14-11(7-18-2)12(16)17/h3-6,11,14H,7H2,1-2H3,(H,13,15)(H,16,17). The van der Waals surface area contributed by atoms with Crippen LogP contribution in [0.25, 0.3) is 0 Å². The molecular weight excluding hydrogens is 236 g/mol. The van der Waals surface area contributed by atoms with Crippen molar-refractivity contribution in [2.75, 3.05) is 24.4 Å². The minimum atomic E-state index is -0.998. The van der Waals surface area contributed by atoms with Gasteiger partial charge in [-0.15, -0.1) is 0 Å². The number of hydrogen-bond acceptors (Lipinski definition) is 4. The highest BCUT2D eigenvalue weighted by atomic mass is 16.5. The molecule has 0 radical (unpaired) electrons. The van der Waals surface area contributed by atoms with Crippen LogP contribution in [0.15, 0.2) is 24.3 Å². The number of methoxy groups -OCH3 is 1. The molecule has 0 aromatic heterocycles. The molecule has 1 atom stereocenters. The molecule has 0 bridgehead atoms. The zero-order chi connectivity index (χ0) is 13.5. The molecule has 1 amide bonds. The van der Waals surface area contributed by atoms with E-state index in [1.54, 1.807) is 24.3 Å². The summed E-state index contributed by atoms with van der Waals surface area (Å²) in [5, 5.41) is 14.4. The average Bonchev–Trinajstić information content (AvgIpc) is 2.28. The molecule has 0 aliphatic heterocycles. The Labute approximate surface area is 105 Å². The number of carbonyl (C=O) groups excluding carboxylic acids is 1. The number of amides is 1. The van der Waals surface area contributed by atoms with Gasteiger partial charge in [0.05, 0.1) is 6.61 Å². The Kier molecular flexibility index (Phi) is 5.13. The van der Waals surface area contributed by atoms with Crippen LogP contribution in [0, 0.1) is 0 Å². The number of carboxylic acid groups (broad SMARTS) is 1. The molecule has 0 fully saturated rings. The van der Waals surface area contributed by atoms with Crippen molar-refractivity contribution in [1.82, 2.24) is 0 Å². The minimum Gasteiger partial charge on any atom is -0.480 e. The van der Waals surface area contributed by atoms with Crippen molar-refractivity contribution < 1.29 is 19.4 Å². The van der Waals surface area contributed by atoms with E-state index in [0.29, 0.717) is 11.4 Å². The summed E-state index contributed by atoms with van der Waals surface area (Å²) in [6.07, 6.45) is 0. The lowest BCUT2D eigenvalue weighted by Crippen LogP contribution is -2.33. The van der Waals surface area contributed by atoms with Gasteiger partial charge in [-0.1, -0.05) is 6.07 Å². The van der Waals surface area contributed by atoms with Crippen molar-refractivity contribution in [3.05, 3.63) is 24.3 Å². The maximum Gasteiger partial charge on any atom is 0.328 e. The normalized spacial score (nSPS) is 11.7. The SMILES string of the molecule is COCC(Nc1cccc(NC(C)=O)c1)C(=O)O. The lowest BCUT2D eigenvalue weighted by atomic mass is 10.2. The number of carboxylic acids is 1. The van der Waals surface area contributed by atoms with Crippen molar-refractivity contribution >= 4 is 23.3 Å². The van der Waals surface area contributed by atoms with Gasteiger partial charge in [-0.2, -0.15) is 0 Å². The first-order valence-electron chi connectivity index (χ1n) is 5.39. The summed E-state index contributed by atoms with van der Waals surface area (Å²) in [4.78, 5) is 21.9. The van der Waals surface area contributed by atoms with E-state index in [2.05, 4.69) is 10.6 Å². The van der Waals surface area contributed by atoms with Crippen LogP contribution in [0.5, 0.6) is 0 Å². The smallest absolute Gasteiger partial charge is 0.328 e. The molecule has 0 saturated carbocycles. The number of anilines is 2. The molecular formula is C12H16N2O4. The second-order valence-electron chi connectivity index (χ2n) is 3.75. The molecule has 0 saturated heterocycles. The fraction of sp³-hybridized carbons (Fsp3) is 0.333. The first-order valence-corrected chi connectivity index (χ1v) is 5.39. The van der Waals surface area contributed by atoms with Crippen molar-refractivity contribution in [1.29, 1.82) is 0 Å². The Morgan fingerprint density at radius 3 is 2.61 bits per heavy atom. The predicted octanol–water partition coefficient (Wildman–Crippen LogP) is 1.16. The number of nitrogens with one attached hydrogen (secondary N) is 2. The van der Waals surface area contributed by atoms with Gasteiger partial charge in [-0.05, 0) is 18.2 Å². The quantitative estimate of drug-likeness (QED) is 0.707. The molecule has 6 heteroatoms. The molecule has 1 aromatic rings. The molecule has 18 heavy (non-hydrogen) atoms. The van der Waals surface area contributed by atoms with Crippen LogP contribution in [0.2, 0.25) is 0 Å². The molecule has 98 valence electrons. The van der Waals surface area contributed by atoms with Gasteiger partial charge in [0.25, 0.3) is 0 Å². The van der Waals surface area contributed by atoms with Crippen LogP contribution < -0.4 is 10.6 Å². The van der Waals surface area contributed by atoms with Crippen LogP contribution in [0.4, 0.5) is 11.4 Å². The third-order valence-electron chi connectivity index (χ3n) is 2.16. The number of ether oxygens (including phenoxy) is 1. The number of aliphatic carboxylic acids is 1. The topological polar surface area (TPSA) is 87.7 Å². The van der Waals surface area contributed by atoms with E-state index in [9.17, 15) is 9.59 Å². The number of carbonyl (C=O) groups is 2. The lowest BCUT2D eigenvalue weighted by Gasteiger charge is -2.15. The van der Waals surface area contributed by atoms with Crippen molar-refractivity contribution in [3.8, 4) is 0 Å². The highest BCUT2D eigenvalue weighted by molar-refractivity contribution is 5.89. The summed E-state index contributed by atoms with van der Waals surface area (Å²) in [7, 11) is 1.44. The van der Waals surface area contributed by atoms with Gasteiger partial charge >= 0.3 is 5.97 Å². The molecule has 0 heterocycles. The summed E-state index contributed by atoms with van der Waals surface area (Å²) in [5.74, 6) is -1.18. The second kappa shape index (κ2) is 6.61. The summed E-state index contributed by atoms with van der Waals surface area (Å²) < 4.78 is 4.82. The van der Waals surface area contributed by atoms with Gasteiger partial charge in [0.1, 0.15) is 6.04 Å². The molecule has 3 N–H and O–H groups in total. The molecule has 1 aromatic carbocycles. The van der Waals surface area contributed by atoms with E-state index in [4.69, 9.17) is 9.84 Å². The molecule has 0 spiro atoms. The van der Waals surface area contributed by atoms with E-state index < -0.39 is 12.0 Å². The maximum atomic E-state index is 10.9. The first-order chi connectivity index (χ1) is 8.52. The van der Waals surface area contributed by atoms with Crippen LogP contribution in [0.3, 0.4) is 0 Å². The second-order valence-corrected chi connectivity index (χ2v) is 3.75. The van der Waals surface area contributed by atoms with Crippen LogP contribution >= 0.6 is 0 Å². The van der Waals surface area contributed by atoms with Crippen molar-refractivity contribution in [3.63, 3.8) is 0 Å². The number of hydrogen-bond donors (Lipinski definition) is 3. The Hall–Kier alpha value is -2.08. The largest absolute Gasteiger partial charge is 0.480 e. The van der Waals surface area contributed by atoms with Gasteiger partial charge in [0.2, 0.25) is 5.91 Å². The zero-order valence-corrected chi connectivity index (χ0v) is 10.3. The zero-order valence-electron chi connectivity index (χ0n) is 10.3. The van der Waals surface area contributed by atoms with Gasteiger partial charge in [0, 0.05) is 25.4 Å². The Morgan fingerprint density at radius 2 is 2.06 bits per heavy atom. The van der Waals surface area contributed by atoms with Crippen LogP contribution in [-0.2, 0) is 14.3 Å². The average molecular weight is 252 g/mol. The first kappa shape index (κ1) is 14.0. The van der Waals surface area contributed by atoms with Gasteiger partial charge in [-0.3, -0.25) is 4.79 Å².